The van der Waals surface area contributed by atoms with Gasteiger partial charge in [0.05, 0.1) is 27.9 Å². The summed E-state index contributed by atoms with van der Waals surface area (Å²) in [5, 5.41) is 7.64. The number of nitrogens with two attached hydrogens (primary N) is 1. The van der Waals surface area contributed by atoms with Crippen molar-refractivity contribution in [3.63, 3.8) is 0 Å². The van der Waals surface area contributed by atoms with Crippen molar-refractivity contribution < 1.29 is 9.15 Å². The van der Waals surface area contributed by atoms with Crippen LogP contribution in [0.25, 0.3) is 94.5 Å². The standard InChI is InChI=1S/C63H44N4O2/c64-67(45-20-8-3-9-21-45)55(41-16-4-1-5-17-41)30-27-40-15-14-22-46(33-40)66-57-31-28-42(34-49(57)51-37-53-48-24-11-13-26-60(48)68-62(53)39-59(51)66)43-29-32-61-52(35-43)54-36-50-47-23-10-12-25-56(47)65(44-18-6-2-7-19-44)58(50)38-63(54)69-61/h1-26,28-38,62H,27,39,64H2/b55-30-. The van der Waals surface area contributed by atoms with E-state index in [9.17, 15) is 0 Å². The van der Waals surface area contributed by atoms with E-state index in [0.29, 0.717) is 6.42 Å². The molecule has 0 bridgehead atoms. The lowest BCUT2D eigenvalue weighted by atomic mass is 9.90. The number of benzene rings is 9. The molecule has 0 radical (unpaired) electrons. The van der Waals surface area contributed by atoms with Gasteiger partial charge in [-0.15, -0.1) is 0 Å². The predicted molar refractivity (Wildman–Crippen MR) is 284 cm³/mol. The van der Waals surface area contributed by atoms with Crippen LogP contribution in [0.5, 0.6) is 5.75 Å². The molecular weight excluding hydrogens is 845 g/mol. The molecule has 1 aliphatic carbocycles. The van der Waals surface area contributed by atoms with Gasteiger partial charge in [0, 0.05) is 73.2 Å². The first-order chi connectivity index (χ1) is 34.1. The number of aromatic nitrogens is 2. The van der Waals surface area contributed by atoms with E-state index in [0.717, 1.165) is 84.6 Å². The first-order valence-corrected chi connectivity index (χ1v) is 23.7. The molecule has 14 rings (SSSR count). The number of hydrogen-bond donors (Lipinski definition) is 1. The highest BCUT2D eigenvalue weighted by atomic mass is 16.5. The third kappa shape index (κ3) is 6.37. The molecule has 0 spiro atoms. The minimum Gasteiger partial charge on any atom is -0.485 e. The highest BCUT2D eigenvalue weighted by Crippen LogP contribution is 2.47. The third-order valence-corrected chi connectivity index (χ3v) is 14.3. The van der Waals surface area contributed by atoms with Crippen LogP contribution < -0.4 is 15.6 Å². The number of fused-ring (bicyclic) bond motifs is 12. The average Bonchev–Trinajstić information content (AvgIpc) is 4.14. The summed E-state index contributed by atoms with van der Waals surface area (Å²) in [6, 6.07) is 75.3. The number of para-hydroxylation sites is 4. The Morgan fingerprint density at radius 3 is 2.10 bits per heavy atom. The van der Waals surface area contributed by atoms with Crippen LogP contribution in [-0.2, 0) is 12.8 Å². The number of allylic oxidation sites excluding steroid dienone is 1. The predicted octanol–water partition coefficient (Wildman–Crippen LogP) is 15.1. The number of hydrogen-bond acceptors (Lipinski definition) is 4. The molecule has 12 aromatic rings. The van der Waals surface area contributed by atoms with Crippen LogP contribution in [0.3, 0.4) is 0 Å². The largest absolute Gasteiger partial charge is 0.485 e. The van der Waals surface area contributed by atoms with Crippen LogP contribution in [0.4, 0.5) is 5.69 Å². The molecule has 1 unspecified atom stereocenters. The summed E-state index contributed by atoms with van der Waals surface area (Å²) in [6.07, 6.45) is 6.02. The molecular formula is C63H44N4O2. The molecule has 2 N–H and O–H groups in total. The van der Waals surface area contributed by atoms with Crippen LogP contribution >= 0.6 is 0 Å². The number of hydrazine groups is 1. The monoisotopic (exact) mass is 888 g/mol. The second-order valence-electron chi connectivity index (χ2n) is 18.2. The van der Waals surface area contributed by atoms with Crippen LogP contribution in [0.2, 0.25) is 0 Å². The summed E-state index contributed by atoms with van der Waals surface area (Å²) in [7, 11) is 0. The van der Waals surface area contributed by atoms with Crippen LogP contribution in [0.15, 0.2) is 223 Å². The van der Waals surface area contributed by atoms with Crippen LogP contribution in [0.1, 0.15) is 27.9 Å². The zero-order chi connectivity index (χ0) is 45.6. The first kappa shape index (κ1) is 39.3. The number of nitrogens with zero attached hydrogens (tertiary/aromatic N) is 3. The molecule has 0 fully saturated rings. The second-order valence-corrected chi connectivity index (χ2v) is 18.2. The van der Waals surface area contributed by atoms with Crippen LogP contribution in [0, 0.1) is 0 Å². The number of furan rings is 1. The molecule has 2 aliphatic rings. The molecule has 0 saturated heterocycles. The highest BCUT2D eigenvalue weighted by molar-refractivity contribution is 6.18. The summed E-state index contributed by atoms with van der Waals surface area (Å²) in [5.41, 5.74) is 18.8. The lowest BCUT2D eigenvalue weighted by Gasteiger charge is -2.23. The van der Waals surface area contributed by atoms with E-state index in [1.807, 2.05) is 36.4 Å². The van der Waals surface area contributed by atoms with Crippen LogP contribution in [-0.4, -0.2) is 15.2 Å². The van der Waals surface area contributed by atoms with Crippen molar-refractivity contribution in [3.05, 3.63) is 246 Å². The van der Waals surface area contributed by atoms with Crippen molar-refractivity contribution in [1.29, 1.82) is 0 Å². The Bertz CT molecular complexity index is 4060. The summed E-state index contributed by atoms with van der Waals surface area (Å²) >= 11 is 0. The Hall–Kier alpha value is -8.84. The van der Waals surface area contributed by atoms with Gasteiger partial charge >= 0.3 is 0 Å². The molecule has 3 aromatic heterocycles. The third-order valence-electron chi connectivity index (χ3n) is 14.3. The fourth-order valence-corrected chi connectivity index (χ4v) is 11.1. The van der Waals surface area contributed by atoms with E-state index < -0.39 is 0 Å². The Labute approximate surface area is 398 Å². The Balaban J connectivity index is 0.894. The highest BCUT2D eigenvalue weighted by Gasteiger charge is 2.35. The number of anilines is 1. The van der Waals surface area contributed by atoms with Gasteiger partial charge in [-0.2, -0.15) is 0 Å². The van der Waals surface area contributed by atoms with E-state index in [1.165, 1.54) is 49.6 Å². The van der Waals surface area contributed by atoms with Gasteiger partial charge < -0.3 is 18.3 Å². The number of rotatable bonds is 8. The molecule has 69 heavy (non-hydrogen) atoms. The van der Waals surface area contributed by atoms with Gasteiger partial charge in [-0.3, -0.25) is 5.01 Å². The van der Waals surface area contributed by atoms with Gasteiger partial charge in [0.1, 0.15) is 23.0 Å². The molecule has 9 aromatic carbocycles. The number of ether oxygens (including phenoxy) is 1. The smallest absolute Gasteiger partial charge is 0.137 e. The fraction of sp³-hybridized carbons (Fsp3) is 0.0476. The lowest BCUT2D eigenvalue weighted by Crippen LogP contribution is -2.29. The second kappa shape index (κ2) is 15.6. The molecule has 4 heterocycles. The maximum Gasteiger partial charge on any atom is 0.137 e. The van der Waals surface area contributed by atoms with Crippen molar-refractivity contribution in [1.82, 2.24) is 9.13 Å². The lowest BCUT2D eigenvalue weighted by molar-refractivity contribution is 0.274. The van der Waals surface area contributed by atoms with Crippen molar-refractivity contribution >= 4 is 77.7 Å². The topological polar surface area (TPSA) is 61.5 Å². The SMILES string of the molecule is NN(/C(=C\Cc1cccc(-n2c3c(c4cc(-c5ccc6oc7cc8c(cc7c6c5)c5ccccc5n8-c5ccccc5)ccc42)C=C2c4ccccc4OC2C3)c1)c1ccccc1)c1ccccc1. The first-order valence-electron chi connectivity index (χ1n) is 23.7. The minimum atomic E-state index is -0.0598. The van der Waals surface area contributed by atoms with Crippen molar-refractivity contribution in [2.45, 2.75) is 18.9 Å². The maximum atomic E-state index is 6.85. The van der Waals surface area contributed by atoms with E-state index in [4.69, 9.17) is 15.0 Å². The molecule has 328 valence electrons. The molecule has 6 heteroatoms. The summed E-state index contributed by atoms with van der Waals surface area (Å²) < 4.78 is 18.1. The van der Waals surface area contributed by atoms with Gasteiger partial charge in [0.15, 0.2) is 0 Å². The summed E-state index contributed by atoms with van der Waals surface area (Å²) in [6.45, 7) is 0. The van der Waals surface area contributed by atoms with E-state index in [-0.39, 0.29) is 6.10 Å². The van der Waals surface area contributed by atoms with E-state index in [2.05, 4.69) is 197 Å². The minimum absolute atomic E-state index is 0.0598. The molecule has 1 aliphatic heterocycles. The molecule has 6 nitrogen and oxygen atoms in total. The summed E-state index contributed by atoms with van der Waals surface area (Å²) in [4.78, 5) is 0. The van der Waals surface area contributed by atoms with Crippen molar-refractivity contribution in [3.8, 4) is 28.3 Å². The van der Waals surface area contributed by atoms with E-state index in [1.54, 1.807) is 5.01 Å². The summed E-state index contributed by atoms with van der Waals surface area (Å²) in [5.74, 6) is 7.80. The Kier molecular flexibility index (Phi) is 8.91. The molecule has 0 saturated carbocycles. The fourth-order valence-electron chi connectivity index (χ4n) is 11.1. The zero-order valence-corrected chi connectivity index (χ0v) is 37.6. The van der Waals surface area contributed by atoms with Crippen molar-refractivity contribution in [2.75, 3.05) is 5.01 Å². The van der Waals surface area contributed by atoms with Gasteiger partial charge in [-0.05, 0) is 114 Å². The maximum absolute atomic E-state index is 6.85. The van der Waals surface area contributed by atoms with Gasteiger partial charge in [0.25, 0.3) is 0 Å². The molecule has 0 amide bonds. The van der Waals surface area contributed by atoms with Crippen molar-refractivity contribution in [2.24, 2.45) is 5.84 Å². The van der Waals surface area contributed by atoms with Gasteiger partial charge in [0.2, 0.25) is 0 Å². The van der Waals surface area contributed by atoms with Gasteiger partial charge in [-0.1, -0.05) is 133 Å². The Morgan fingerprint density at radius 2 is 1.25 bits per heavy atom. The van der Waals surface area contributed by atoms with E-state index >= 15 is 0 Å². The molecule has 1 atom stereocenters. The van der Waals surface area contributed by atoms with Gasteiger partial charge in [-0.25, -0.2) is 5.84 Å². The average molecular weight is 889 g/mol. The zero-order valence-electron chi connectivity index (χ0n) is 37.6. The quantitative estimate of drug-likeness (QED) is 0.122. The normalized spacial score (nSPS) is 14.3. The Morgan fingerprint density at radius 1 is 0.551 bits per heavy atom.